The van der Waals surface area contributed by atoms with Crippen LogP contribution in [0, 0.1) is 5.92 Å². The van der Waals surface area contributed by atoms with E-state index in [0.29, 0.717) is 11.8 Å². The van der Waals surface area contributed by atoms with E-state index < -0.39 is 0 Å². The SMILES string of the molecule is CC1C=CN(C)CC1c1cccc(N(c2ccc(-c3ccc4c(c3)c3ccccc3n4-c3ccccc3)cc2)c2ccc3c(c2)C(C)(C)c2ccccc2-3)c1. The lowest BCUT2D eigenvalue weighted by Crippen LogP contribution is -2.27. The van der Waals surface area contributed by atoms with E-state index in [1.54, 1.807) is 0 Å². The average molecular weight is 712 g/mol. The fraction of sp³-hybridized carbons (Fsp3) is 0.154. The molecule has 0 spiro atoms. The molecule has 55 heavy (non-hydrogen) atoms. The van der Waals surface area contributed by atoms with E-state index in [-0.39, 0.29) is 5.41 Å². The van der Waals surface area contributed by atoms with Crippen LogP contribution in [0.2, 0.25) is 0 Å². The Morgan fingerprint density at radius 3 is 2.11 bits per heavy atom. The molecule has 2 unspecified atom stereocenters. The van der Waals surface area contributed by atoms with Gasteiger partial charge < -0.3 is 14.4 Å². The van der Waals surface area contributed by atoms with Crippen molar-refractivity contribution in [1.29, 1.82) is 0 Å². The van der Waals surface area contributed by atoms with E-state index in [9.17, 15) is 0 Å². The Labute approximate surface area is 324 Å². The number of likely N-dealkylation sites (N-methyl/N-ethyl adjacent to an activating group) is 1. The van der Waals surface area contributed by atoms with Gasteiger partial charge in [-0.1, -0.05) is 124 Å². The third-order valence-electron chi connectivity index (χ3n) is 12.3. The first-order valence-corrected chi connectivity index (χ1v) is 19.6. The highest BCUT2D eigenvalue weighted by molar-refractivity contribution is 6.10. The Hall–Kier alpha value is -6.32. The predicted molar refractivity (Wildman–Crippen MR) is 232 cm³/mol. The lowest BCUT2D eigenvalue weighted by atomic mass is 9.82. The molecule has 0 fully saturated rings. The van der Waals surface area contributed by atoms with Gasteiger partial charge in [0.05, 0.1) is 11.0 Å². The summed E-state index contributed by atoms with van der Waals surface area (Å²) in [4.78, 5) is 4.77. The maximum Gasteiger partial charge on any atom is 0.0541 e. The molecular weight excluding hydrogens is 667 g/mol. The Balaban J connectivity index is 1.08. The molecule has 7 aromatic carbocycles. The topological polar surface area (TPSA) is 11.4 Å². The summed E-state index contributed by atoms with van der Waals surface area (Å²) in [6.07, 6.45) is 4.57. The van der Waals surface area contributed by atoms with Crippen molar-refractivity contribution in [3.05, 3.63) is 193 Å². The molecule has 1 aliphatic carbocycles. The molecule has 3 nitrogen and oxygen atoms in total. The quantitative estimate of drug-likeness (QED) is 0.170. The van der Waals surface area contributed by atoms with Gasteiger partial charge in [0.25, 0.3) is 0 Å². The second kappa shape index (κ2) is 12.9. The van der Waals surface area contributed by atoms with Crippen molar-refractivity contribution in [2.75, 3.05) is 18.5 Å². The Kier molecular flexibility index (Phi) is 7.81. The van der Waals surface area contributed by atoms with Gasteiger partial charge in [-0.15, -0.1) is 0 Å². The van der Waals surface area contributed by atoms with Gasteiger partial charge in [0.2, 0.25) is 0 Å². The van der Waals surface area contributed by atoms with Crippen LogP contribution in [0.15, 0.2) is 176 Å². The second-order valence-corrected chi connectivity index (χ2v) is 16.0. The van der Waals surface area contributed by atoms with E-state index in [2.05, 4.69) is 218 Å². The highest BCUT2D eigenvalue weighted by Gasteiger charge is 2.36. The summed E-state index contributed by atoms with van der Waals surface area (Å²) in [7, 11) is 2.18. The fourth-order valence-electron chi connectivity index (χ4n) is 9.35. The van der Waals surface area contributed by atoms with Crippen LogP contribution in [-0.2, 0) is 5.41 Å². The van der Waals surface area contributed by atoms with Crippen molar-refractivity contribution < 1.29 is 0 Å². The Morgan fingerprint density at radius 1 is 0.564 bits per heavy atom. The van der Waals surface area contributed by atoms with Gasteiger partial charge in [-0.2, -0.15) is 0 Å². The van der Waals surface area contributed by atoms with Crippen molar-refractivity contribution in [3.8, 4) is 27.9 Å². The number of fused-ring (bicyclic) bond motifs is 6. The van der Waals surface area contributed by atoms with Crippen LogP contribution < -0.4 is 4.90 Å². The lowest BCUT2D eigenvalue weighted by molar-refractivity contribution is 0.345. The van der Waals surface area contributed by atoms with E-state index in [0.717, 1.165) is 12.2 Å². The second-order valence-electron chi connectivity index (χ2n) is 16.0. The van der Waals surface area contributed by atoms with Gasteiger partial charge in [0.1, 0.15) is 0 Å². The first kappa shape index (κ1) is 33.3. The number of anilines is 3. The molecule has 8 aromatic rings. The van der Waals surface area contributed by atoms with Crippen LogP contribution in [0.25, 0.3) is 49.7 Å². The van der Waals surface area contributed by atoms with Gasteiger partial charge in [-0.05, 0) is 118 Å². The molecule has 0 N–H and O–H groups in total. The minimum absolute atomic E-state index is 0.0873. The number of hydrogen-bond acceptors (Lipinski definition) is 2. The molecule has 0 amide bonds. The molecule has 268 valence electrons. The van der Waals surface area contributed by atoms with E-state index >= 15 is 0 Å². The average Bonchev–Trinajstić information content (AvgIpc) is 3.67. The van der Waals surface area contributed by atoms with Crippen molar-refractivity contribution in [2.45, 2.75) is 32.1 Å². The van der Waals surface area contributed by atoms with Gasteiger partial charge in [0.15, 0.2) is 0 Å². The Morgan fingerprint density at radius 2 is 1.25 bits per heavy atom. The molecular formula is C52H45N3. The van der Waals surface area contributed by atoms with Crippen molar-refractivity contribution in [2.24, 2.45) is 5.92 Å². The highest BCUT2D eigenvalue weighted by atomic mass is 15.1. The molecule has 0 radical (unpaired) electrons. The first-order chi connectivity index (χ1) is 26.8. The van der Waals surface area contributed by atoms with Crippen molar-refractivity contribution >= 4 is 38.9 Å². The van der Waals surface area contributed by atoms with Crippen molar-refractivity contribution in [3.63, 3.8) is 0 Å². The van der Waals surface area contributed by atoms with Gasteiger partial charge in [0, 0.05) is 58.4 Å². The predicted octanol–water partition coefficient (Wildman–Crippen LogP) is 13.4. The van der Waals surface area contributed by atoms with E-state index in [1.807, 2.05) is 0 Å². The van der Waals surface area contributed by atoms with Gasteiger partial charge in [-0.25, -0.2) is 0 Å². The summed E-state index contributed by atoms with van der Waals surface area (Å²) < 4.78 is 2.38. The Bertz CT molecular complexity index is 2750. The molecule has 10 rings (SSSR count). The molecule has 0 saturated carbocycles. The number of rotatable bonds is 6. The fourth-order valence-corrected chi connectivity index (χ4v) is 9.35. The normalized spacial score (nSPS) is 17.1. The number of hydrogen-bond donors (Lipinski definition) is 0. The zero-order valence-corrected chi connectivity index (χ0v) is 31.9. The molecule has 1 aromatic heterocycles. The molecule has 3 heteroatoms. The zero-order valence-electron chi connectivity index (χ0n) is 31.9. The minimum Gasteiger partial charge on any atom is -0.380 e. The first-order valence-electron chi connectivity index (χ1n) is 19.6. The summed E-state index contributed by atoms with van der Waals surface area (Å²) in [5.41, 5.74) is 16.3. The largest absolute Gasteiger partial charge is 0.380 e. The third-order valence-corrected chi connectivity index (χ3v) is 12.3. The number of aromatic nitrogens is 1. The molecule has 0 saturated heterocycles. The maximum atomic E-state index is 2.45. The highest BCUT2D eigenvalue weighted by Crippen LogP contribution is 2.51. The molecule has 0 bridgehead atoms. The van der Waals surface area contributed by atoms with Crippen LogP contribution >= 0.6 is 0 Å². The summed E-state index contributed by atoms with van der Waals surface area (Å²) in [6, 6.07) is 60.8. The van der Waals surface area contributed by atoms with Crippen LogP contribution in [0.1, 0.15) is 43.4 Å². The monoisotopic (exact) mass is 711 g/mol. The minimum atomic E-state index is -0.0873. The summed E-state index contributed by atoms with van der Waals surface area (Å²) in [6.45, 7) is 8.08. The molecule has 2 aliphatic rings. The number of allylic oxidation sites excluding steroid dienone is 1. The summed E-state index contributed by atoms with van der Waals surface area (Å²) in [5, 5.41) is 2.53. The van der Waals surface area contributed by atoms with E-state index in [1.165, 1.54) is 77.8 Å². The van der Waals surface area contributed by atoms with Crippen LogP contribution in [0.4, 0.5) is 17.1 Å². The van der Waals surface area contributed by atoms with Crippen LogP contribution in [-0.4, -0.2) is 23.1 Å². The zero-order chi connectivity index (χ0) is 37.3. The lowest BCUT2D eigenvalue weighted by Gasteiger charge is -2.33. The van der Waals surface area contributed by atoms with Gasteiger partial charge in [-0.3, -0.25) is 0 Å². The molecule has 2 heterocycles. The molecule has 2 atom stereocenters. The van der Waals surface area contributed by atoms with E-state index in [4.69, 9.17) is 0 Å². The smallest absolute Gasteiger partial charge is 0.0541 e. The third kappa shape index (κ3) is 5.49. The van der Waals surface area contributed by atoms with Crippen LogP contribution in [0.3, 0.4) is 0 Å². The number of para-hydroxylation sites is 2. The maximum absolute atomic E-state index is 2.45. The number of benzene rings is 7. The molecule has 1 aliphatic heterocycles. The summed E-state index contributed by atoms with van der Waals surface area (Å²) >= 11 is 0. The van der Waals surface area contributed by atoms with Crippen LogP contribution in [0.5, 0.6) is 0 Å². The standard InChI is InChI=1S/C52H45N3/c1-35-29-30-53(4)34-47(35)38-13-12-16-41(31-38)54(42-26-27-44-43-17-8-10-19-48(43)52(2,3)49(44)33-42)40-24-21-36(22-25-40)37-23-28-51-46(32-37)45-18-9-11-20-50(45)55(51)39-14-6-5-7-15-39/h5-33,35,47H,34H2,1-4H3. The van der Waals surface area contributed by atoms with Gasteiger partial charge >= 0.3 is 0 Å². The summed E-state index contributed by atoms with van der Waals surface area (Å²) in [5.74, 6) is 0.896. The number of nitrogens with zero attached hydrogens (tertiary/aromatic N) is 3. The van der Waals surface area contributed by atoms with Crippen molar-refractivity contribution in [1.82, 2.24) is 9.47 Å².